The van der Waals surface area contributed by atoms with Crippen LogP contribution >= 0.6 is 11.3 Å². The molecular formula is C15H16FN3O2S. The first kappa shape index (κ1) is 14.9. The summed E-state index contributed by atoms with van der Waals surface area (Å²) in [6.07, 6.45) is 0. The monoisotopic (exact) mass is 321 g/mol. The quantitative estimate of drug-likeness (QED) is 0.641. The second-order valence-electron chi connectivity index (χ2n) is 5.23. The van der Waals surface area contributed by atoms with Crippen molar-refractivity contribution in [2.45, 2.75) is 6.54 Å². The molecule has 5 nitrogen and oxygen atoms in total. The van der Waals surface area contributed by atoms with Crippen LogP contribution in [0.5, 0.6) is 0 Å². The fourth-order valence-electron chi connectivity index (χ4n) is 2.67. The van der Waals surface area contributed by atoms with Gasteiger partial charge >= 0.3 is 0 Å². The van der Waals surface area contributed by atoms with Crippen LogP contribution in [0.4, 0.5) is 15.8 Å². The Morgan fingerprint density at radius 3 is 2.64 bits per heavy atom. The lowest BCUT2D eigenvalue weighted by Gasteiger charge is -2.35. The first-order valence-corrected chi connectivity index (χ1v) is 7.95. The minimum Gasteiger partial charge on any atom is -0.363 e. The van der Waals surface area contributed by atoms with E-state index in [1.165, 1.54) is 17.0 Å². The molecule has 0 saturated carbocycles. The predicted octanol–water partition coefficient (Wildman–Crippen LogP) is 3.12. The lowest BCUT2D eigenvalue weighted by Crippen LogP contribution is -2.46. The summed E-state index contributed by atoms with van der Waals surface area (Å²) in [5.74, 6) is -0.443. The van der Waals surface area contributed by atoms with E-state index in [0.29, 0.717) is 18.8 Å². The van der Waals surface area contributed by atoms with E-state index in [-0.39, 0.29) is 5.69 Å². The van der Waals surface area contributed by atoms with Crippen LogP contribution in [0.3, 0.4) is 0 Å². The Morgan fingerprint density at radius 1 is 1.23 bits per heavy atom. The Labute approximate surface area is 131 Å². The summed E-state index contributed by atoms with van der Waals surface area (Å²) in [7, 11) is 0. The molecule has 2 heterocycles. The molecule has 0 unspecified atom stereocenters. The smallest absolute Gasteiger partial charge is 0.292 e. The van der Waals surface area contributed by atoms with Gasteiger partial charge in [-0.05, 0) is 17.5 Å². The molecule has 0 spiro atoms. The van der Waals surface area contributed by atoms with Crippen molar-refractivity contribution in [3.8, 4) is 0 Å². The van der Waals surface area contributed by atoms with Gasteiger partial charge < -0.3 is 4.90 Å². The first-order valence-electron chi connectivity index (χ1n) is 7.07. The average Bonchev–Trinajstić information content (AvgIpc) is 3.00. The average molecular weight is 321 g/mol. The van der Waals surface area contributed by atoms with Gasteiger partial charge in [0.2, 0.25) is 0 Å². The van der Waals surface area contributed by atoms with Crippen molar-refractivity contribution >= 4 is 22.7 Å². The van der Waals surface area contributed by atoms with Gasteiger partial charge in [0.05, 0.1) is 4.92 Å². The normalized spacial score (nSPS) is 16.0. The van der Waals surface area contributed by atoms with Crippen LogP contribution in [0.2, 0.25) is 0 Å². The van der Waals surface area contributed by atoms with E-state index in [4.69, 9.17) is 0 Å². The molecule has 2 aromatic rings. The molecule has 1 aliphatic heterocycles. The number of hydrogen-bond acceptors (Lipinski definition) is 5. The van der Waals surface area contributed by atoms with Gasteiger partial charge in [-0.15, -0.1) is 11.3 Å². The molecule has 1 fully saturated rings. The van der Waals surface area contributed by atoms with Crippen molar-refractivity contribution in [2.24, 2.45) is 0 Å². The maximum atomic E-state index is 13.4. The van der Waals surface area contributed by atoms with Gasteiger partial charge in [0.1, 0.15) is 11.5 Å². The van der Waals surface area contributed by atoms with Crippen LogP contribution in [-0.2, 0) is 6.54 Å². The molecule has 1 aliphatic rings. The molecule has 0 aliphatic carbocycles. The molecule has 1 aromatic carbocycles. The first-order chi connectivity index (χ1) is 10.6. The van der Waals surface area contributed by atoms with Crippen LogP contribution in [0.1, 0.15) is 4.88 Å². The van der Waals surface area contributed by atoms with Gasteiger partial charge in [-0.3, -0.25) is 15.0 Å². The third-order valence-corrected chi connectivity index (χ3v) is 4.67. The highest BCUT2D eigenvalue weighted by Crippen LogP contribution is 2.29. The number of nitrogens with zero attached hydrogens (tertiary/aromatic N) is 3. The zero-order valence-corrected chi connectivity index (χ0v) is 12.8. The van der Waals surface area contributed by atoms with E-state index in [9.17, 15) is 14.5 Å². The lowest BCUT2D eigenvalue weighted by atomic mass is 10.2. The zero-order valence-electron chi connectivity index (χ0n) is 11.9. The number of benzene rings is 1. The second-order valence-corrected chi connectivity index (χ2v) is 6.26. The van der Waals surface area contributed by atoms with E-state index >= 15 is 0 Å². The fourth-order valence-corrected chi connectivity index (χ4v) is 3.42. The van der Waals surface area contributed by atoms with Crippen LogP contribution in [0.25, 0.3) is 0 Å². The third kappa shape index (κ3) is 3.26. The molecule has 1 aromatic heterocycles. The highest BCUT2D eigenvalue weighted by Gasteiger charge is 2.24. The molecule has 7 heteroatoms. The van der Waals surface area contributed by atoms with Crippen LogP contribution in [0.15, 0.2) is 35.7 Å². The minimum atomic E-state index is -0.452. The Hall–Kier alpha value is -1.99. The van der Waals surface area contributed by atoms with Gasteiger partial charge in [-0.1, -0.05) is 6.07 Å². The molecule has 0 N–H and O–H groups in total. The summed E-state index contributed by atoms with van der Waals surface area (Å²) in [6, 6.07) is 7.77. The number of nitro benzene ring substituents is 1. The molecule has 3 rings (SSSR count). The minimum absolute atomic E-state index is 0.0342. The van der Waals surface area contributed by atoms with Crippen LogP contribution < -0.4 is 4.90 Å². The number of thiophene rings is 1. The standard InChI is InChI=1S/C15H16FN3O2S/c16-12-3-4-14(19(20)21)15(10-12)18-7-5-17(6-8-18)11-13-2-1-9-22-13/h1-4,9-10H,5-8,11H2. The van der Waals surface area contributed by atoms with Crippen molar-refractivity contribution in [1.82, 2.24) is 4.90 Å². The van der Waals surface area contributed by atoms with E-state index in [2.05, 4.69) is 16.3 Å². The van der Waals surface area contributed by atoms with E-state index in [0.717, 1.165) is 25.7 Å². The molecule has 22 heavy (non-hydrogen) atoms. The summed E-state index contributed by atoms with van der Waals surface area (Å²) >= 11 is 1.73. The second kappa shape index (κ2) is 6.41. The summed E-state index contributed by atoms with van der Waals surface area (Å²) in [6.45, 7) is 3.85. The Kier molecular flexibility index (Phi) is 4.35. The molecule has 0 atom stereocenters. The van der Waals surface area contributed by atoms with Gasteiger partial charge in [0, 0.05) is 49.7 Å². The molecule has 1 saturated heterocycles. The summed E-state index contributed by atoms with van der Waals surface area (Å²) in [4.78, 5) is 16.2. The van der Waals surface area contributed by atoms with Gasteiger partial charge in [-0.2, -0.15) is 0 Å². The lowest BCUT2D eigenvalue weighted by molar-refractivity contribution is -0.384. The number of hydrogen-bond donors (Lipinski definition) is 0. The predicted molar refractivity (Wildman–Crippen MR) is 84.9 cm³/mol. The van der Waals surface area contributed by atoms with E-state index < -0.39 is 10.7 Å². The molecular weight excluding hydrogens is 305 g/mol. The molecule has 0 amide bonds. The highest BCUT2D eigenvalue weighted by atomic mass is 32.1. The van der Waals surface area contributed by atoms with Crippen molar-refractivity contribution < 1.29 is 9.31 Å². The van der Waals surface area contributed by atoms with Crippen LogP contribution in [0, 0.1) is 15.9 Å². The number of halogens is 1. The van der Waals surface area contributed by atoms with Gasteiger partial charge in [0.15, 0.2) is 0 Å². The molecule has 116 valence electrons. The van der Waals surface area contributed by atoms with Crippen molar-refractivity contribution in [3.63, 3.8) is 0 Å². The number of anilines is 1. The zero-order chi connectivity index (χ0) is 15.5. The van der Waals surface area contributed by atoms with Crippen molar-refractivity contribution in [2.75, 3.05) is 31.1 Å². The Morgan fingerprint density at radius 2 is 2.00 bits per heavy atom. The van der Waals surface area contributed by atoms with Crippen LogP contribution in [-0.4, -0.2) is 36.0 Å². The van der Waals surface area contributed by atoms with Crippen molar-refractivity contribution in [1.29, 1.82) is 0 Å². The maximum Gasteiger partial charge on any atom is 0.292 e. The fraction of sp³-hybridized carbons (Fsp3) is 0.333. The van der Waals surface area contributed by atoms with Gasteiger partial charge in [-0.25, -0.2) is 4.39 Å². The number of nitro groups is 1. The maximum absolute atomic E-state index is 13.4. The molecule has 0 radical (unpaired) electrons. The number of rotatable bonds is 4. The largest absolute Gasteiger partial charge is 0.363 e. The molecule has 0 bridgehead atoms. The third-order valence-electron chi connectivity index (χ3n) is 3.81. The SMILES string of the molecule is O=[N+]([O-])c1ccc(F)cc1N1CCN(Cc2cccs2)CC1. The topological polar surface area (TPSA) is 49.6 Å². The van der Waals surface area contributed by atoms with Gasteiger partial charge in [0.25, 0.3) is 5.69 Å². The Bertz CT molecular complexity index is 655. The van der Waals surface area contributed by atoms with E-state index in [1.807, 2.05) is 11.0 Å². The van der Waals surface area contributed by atoms with Crippen molar-refractivity contribution in [3.05, 3.63) is 56.5 Å². The highest BCUT2D eigenvalue weighted by molar-refractivity contribution is 7.09. The Balaban J connectivity index is 1.68. The van der Waals surface area contributed by atoms with E-state index in [1.54, 1.807) is 11.3 Å². The summed E-state index contributed by atoms with van der Waals surface area (Å²) in [5, 5.41) is 13.2. The summed E-state index contributed by atoms with van der Waals surface area (Å²) in [5.41, 5.74) is 0.342. The number of piperazine rings is 1. The summed E-state index contributed by atoms with van der Waals surface area (Å²) < 4.78 is 13.4.